The summed E-state index contributed by atoms with van der Waals surface area (Å²) in [6, 6.07) is 1.93. The predicted molar refractivity (Wildman–Crippen MR) is 63.2 cm³/mol. The third-order valence-corrected chi connectivity index (χ3v) is 2.52. The molecule has 0 aliphatic heterocycles. The van der Waals surface area contributed by atoms with Crippen LogP contribution in [0.1, 0.15) is 18.5 Å². The second kappa shape index (κ2) is 5.83. The van der Waals surface area contributed by atoms with Crippen LogP contribution in [0.4, 0.5) is 8.78 Å². The smallest absolute Gasteiger partial charge is 0.379 e. The molecule has 0 saturated carbocycles. The van der Waals surface area contributed by atoms with Crippen molar-refractivity contribution < 1.29 is 28.2 Å². The third-order valence-electron chi connectivity index (χ3n) is 2.52. The van der Waals surface area contributed by atoms with Crippen LogP contribution >= 0.6 is 0 Å². The molecule has 0 aliphatic carbocycles. The number of methoxy groups -OCH3 is 1. The molecule has 0 heterocycles. The molecule has 0 amide bonds. The van der Waals surface area contributed by atoms with Gasteiger partial charge in [-0.25, -0.2) is 4.79 Å². The van der Waals surface area contributed by atoms with E-state index in [1.165, 1.54) is 32.2 Å². The standard InChI is InChI=1S/C12H15F2NO4/c1-3-19-11(17)12(13,14)10(15)7-5-4-6-8(18-2)9(7)16/h4-6,10,16H,3,15H2,1-2H3/t10-/m1/s1. The van der Waals surface area contributed by atoms with E-state index in [9.17, 15) is 18.7 Å². The minimum absolute atomic E-state index is 0.00684. The number of benzene rings is 1. The van der Waals surface area contributed by atoms with E-state index in [0.717, 1.165) is 0 Å². The number of phenols is 1. The Bertz CT molecular complexity index is 465. The van der Waals surface area contributed by atoms with Gasteiger partial charge in [-0.3, -0.25) is 0 Å². The average molecular weight is 275 g/mol. The maximum atomic E-state index is 13.7. The normalized spacial score (nSPS) is 12.9. The van der Waals surface area contributed by atoms with Gasteiger partial charge in [-0.05, 0) is 13.0 Å². The quantitative estimate of drug-likeness (QED) is 0.798. The van der Waals surface area contributed by atoms with E-state index in [0.29, 0.717) is 0 Å². The Hall–Kier alpha value is -1.89. The summed E-state index contributed by atoms with van der Waals surface area (Å²) in [7, 11) is 1.27. The molecular weight excluding hydrogens is 260 g/mol. The van der Waals surface area contributed by atoms with Gasteiger partial charge >= 0.3 is 11.9 Å². The van der Waals surface area contributed by atoms with Crippen molar-refractivity contribution in [3.05, 3.63) is 23.8 Å². The molecule has 0 aromatic heterocycles. The first-order chi connectivity index (χ1) is 8.86. The van der Waals surface area contributed by atoms with Crippen molar-refractivity contribution in [2.24, 2.45) is 5.73 Å². The Morgan fingerprint density at radius 3 is 2.68 bits per heavy atom. The zero-order valence-electron chi connectivity index (χ0n) is 10.5. The number of hydrogen-bond acceptors (Lipinski definition) is 5. The lowest BCUT2D eigenvalue weighted by molar-refractivity contribution is -0.174. The monoisotopic (exact) mass is 275 g/mol. The van der Waals surface area contributed by atoms with Crippen molar-refractivity contribution >= 4 is 5.97 Å². The molecule has 7 heteroatoms. The summed E-state index contributed by atoms with van der Waals surface area (Å²) < 4.78 is 36.5. The summed E-state index contributed by atoms with van der Waals surface area (Å²) in [5.74, 6) is -6.21. The minimum atomic E-state index is -3.94. The number of ether oxygens (including phenoxy) is 2. The fourth-order valence-electron chi connectivity index (χ4n) is 1.50. The topological polar surface area (TPSA) is 81.8 Å². The van der Waals surface area contributed by atoms with Crippen LogP contribution in [0, 0.1) is 0 Å². The lowest BCUT2D eigenvalue weighted by Crippen LogP contribution is -2.41. The summed E-state index contributed by atoms with van der Waals surface area (Å²) in [5.41, 5.74) is 5.07. The van der Waals surface area contributed by atoms with Crippen molar-refractivity contribution in [3.63, 3.8) is 0 Å². The first-order valence-corrected chi connectivity index (χ1v) is 5.52. The molecule has 106 valence electrons. The van der Waals surface area contributed by atoms with Gasteiger partial charge in [0.25, 0.3) is 0 Å². The van der Waals surface area contributed by atoms with Gasteiger partial charge in [0.05, 0.1) is 13.7 Å². The fourth-order valence-corrected chi connectivity index (χ4v) is 1.50. The number of rotatable bonds is 5. The number of carbonyl (C=O) groups excluding carboxylic acids is 1. The van der Waals surface area contributed by atoms with Crippen molar-refractivity contribution in [1.29, 1.82) is 0 Å². The van der Waals surface area contributed by atoms with Crippen LogP contribution in [0.2, 0.25) is 0 Å². The van der Waals surface area contributed by atoms with Crippen LogP contribution in [0.25, 0.3) is 0 Å². The van der Waals surface area contributed by atoms with Gasteiger partial charge < -0.3 is 20.3 Å². The highest BCUT2D eigenvalue weighted by Crippen LogP contribution is 2.39. The molecule has 0 radical (unpaired) electrons. The Labute approximate surface area is 108 Å². The SMILES string of the molecule is CCOC(=O)C(F)(F)[C@H](N)c1cccc(OC)c1O. The lowest BCUT2D eigenvalue weighted by atomic mass is 10.00. The van der Waals surface area contributed by atoms with Crippen LogP contribution in [0.3, 0.4) is 0 Å². The van der Waals surface area contributed by atoms with Crippen LogP contribution in [-0.2, 0) is 9.53 Å². The number of alkyl halides is 2. The molecule has 3 N–H and O–H groups in total. The molecule has 1 atom stereocenters. The van der Waals surface area contributed by atoms with E-state index in [-0.39, 0.29) is 17.9 Å². The van der Waals surface area contributed by atoms with Gasteiger partial charge in [0.1, 0.15) is 6.04 Å². The Morgan fingerprint density at radius 2 is 2.16 bits per heavy atom. The molecule has 1 aromatic rings. The largest absolute Gasteiger partial charge is 0.504 e. The minimum Gasteiger partial charge on any atom is -0.504 e. The Kier molecular flexibility index (Phi) is 4.66. The molecule has 5 nitrogen and oxygen atoms in total. The summed E-state index contributed by atoms with van der Waals surface area (Å²) in [5, 5.41) is 9.74. The van der Waals surface area contributed by atoms with Crippen molar-refractivity contribution in [1.82, 2.24) is 0 Å². The predicted octanol–water partition coefficient (Wildman–Crippen LogP) is 1.60. The van der Waals surface area contributed by atoms with Crippen LogP contribution < -0.4 is 10.5 Å². The van der Waals surface area contributed by atoms with Crippen LogP contribution in [-0.4, -0.2) is 30.7 Å². The first kappa shape index (κ1) is 15.2. The summed E-state index contributed by atoms with van der Waals surface area (Å²) in [4.78, 5) is 11.2. The van der Waals surface area contributed by atoms with E-state index in [1.54, 1.807) is 0 Å². The Morgan fingerprint density at radius 1 is 1.53 bits per heavy atom. The van der Waals surface area contributed by atoms with Gasteiger partial charge in [0.15, 0.2) is 11.5 Å². The molecule has 0 spiro atoms. The second-order valence-electron chi connectivity index (χ2n) is 3.72. The van der Waals surface area contributed by atoms with Crippen LogP contribution in [0.5, 0.6) is 11.5 Å². The van der Waals surface area contributed by atoms with E-state index < -0.39 is 23.7 Å². The van der Waals surface area contributed by atoms with Crippen molar-refractivity contribution in [3.8, 4) is 11.5 Å². The summed E-state index contributed by atoms with van der Waals surface area (Å²) >= 11 is 0. The Balaban J connectivity index is 3.12. The molecule has 0 fully saturated rings. The molecule has 0 saturated heterocycles. The van der Waals surface area contributed by atoms with Gasteiger partial charge in [-0.1, -0.05) is 12.1 Å². The second-order valence-corrected chi connectivity index (χ2v) is 3.72. The van der Waals surface area contributed by atoms with E-state index in [2.05, 4.69) is 4.74 Å². The lowest BCUT2D eigenvalue weighted by Gasteiger charge is -2.23. The van der Waals surface area contributed by atoms with E-state index in [1.807, 2.05) is 0 Å². The molecular formula is C12H15F2NO4. The van der Waals surface area contributed by atoms with Crippen molar-refractivity contribution in [2.45, 2.75) is 18.9 Å². The van der Waals surface area contributed by atoms with Gasteiger partial charge in [-0.2, -0.15) is 8.78 Å². The molecule has 19 heavy (non-hydrogen) atoms. The molecule has 0 aliphatic rings. The average Bonchev–Trinajstić information content (AvgIpc) is 2.38. The highest BCUT2D eigenvalue weighted by atomic mass is 19.3. The van der Waals surface area contributed by atoms with E-state index in [4.69, 9.17) is 10.5 Å². The van der Waals surface area contributed by atoms with E-state index >= 15 is 0 Å². The third kappa shape index (κ3) is 2.93. The number of aromatic hydroxyl groups is 1. The molecule has 1 aromatic carbocycles. The highest BCUT2D eigenvalue weighted by Gasteiger charge is 2.48. The zero-order valence-corrected chi connectivity index (χ0v) is 10.5. The first-order valence-electron chi connectivity index (χ1n) is 5.52. The molecule has 0 unspecified atom stereocenters. The maximum Gasteiger partial charge on any atom is 0.379 e. The number of halogens is 2. The molecule has 0 bridgehead atoms. The van der Waals surface area contributed by atoms with Gasteiger partial charge in [0.2, 0.25) is 0 Å². The summed E-state index contributed by atoms with van der Waals surface area (Å²) in [6.07, 6.45) is 0. The number of para-hydroxylation sites is 1. The molecule has 1 rings (SSSR count). The number of phenolic OH excluding ortho intramolecular Hbond substituents is 1. The van der Waals surface area contributed by atoms with Crippen molar-refractivity contribution in [2.75, 3.05) is 13.7 Å². The van der Waals surface area contributed by atoms with Gasteiger partial charge in [0, 0.05) is 5.56 Å². The fraction of sp³-hybridized carbons (Fsp3) is 0.417. The highest BCUT2D eigenvalue weighted by molar-refractivity contribution is 5.79. The summed E-state index contributed by atoms with van der Waals surface area (Å²) in [6.45, 7) is 1.22. The number of hydrogen-bond donors (Lipinski definition) is 2. The number of esters is 1. The van der Waals surface area contributed by atoms with Crippen LogP contribution in [0.15, 0.2) is 18.2 Å². The van der Waals surface area contributed by atoms with Gasteiger partial charge in [-0.15, -0.1) is 0 Å². The maximum absolute atomic E-state index is 13.7. The number of carbonyl (C=O) groups is 1. The number of nitrogens with two attached hydrogens (primary N) is 1. The zero-order chi connectivity index (χ0) is 14.6.